The first-order valence-corrected chi connectivity index (χ1v) is 5.04. The molecule has 0 heterocycles. The van der Waals surface area contributed by atoms with Gasteiger partial charge in [-0.1, -0.05) is 32.0 Å². The fraction of sp³-hybridized carbons (Fsp3) is 0.385. The Morgan fingerprint density at radius 1 is 1.14 bits per heavy atom. The minimum absolute atomic E-state index is 0.354. The van der Waals surface area contributed by atoms with E-state index in [0.717, 1.165) is 5.56 Å². The highest BCUT2D eigenvalue weighted by Gasteiger charge is 1.97. The van der Waals surface area contributed by atoms with E-state index in [2.05, 4.69) is 0 Å². The van der Waals surface area contributed by atoms with Crippen molar-refractivity contribution in [2.75, 3.05) is 0 Å². The first-order valence-electron chi connectivity index (χ1n) is 5.04. The molecular weight excluding hydrogens is 172 g/mol. The van der Waals surface area contributed by atoms with Crippen molar-refractivity contribution < 1.29 is 5.11 Å². The molecule has 0 saturated heterocycles. The normalized spacial score (nSPS) is 10.5. The number of hydrogen-bond donors (Lipinski definition) is 1. The van der Waals surface area contributed by atoms with E-state index >= 15 is 0 Å². The van der Waals surface area contributed by atoms with E-state index < -0.39 is 0 Å². The van der Waals surface area contributed by atoms with Crippen molar-refractivity contribution in [3.63, 3.8) is 0 Å². The summed E-state index contributed by atoms with van der Waals surface area (Å²) in [4.78, 5) is 0. The van der Waals surface area contributed by atoms with Crippen molar-refractivity contribution in [1.82, 2.24) is 0 Å². The van der Waals surface area contributed by atoms with Crippen molar-refractivity contribution in [2.24, 2.45) is 0 Å². The maximum Gasteiger partial charge on any atom is 0.0897 e. The molecule has 0 aromatic heterocycles. The number of benzene rings is 1. The number of aryl methyl sites for hydroxylation is 2. The van der Waals surface area contributed by atoms with Gasteiger partial charge in [-0.2, -0.15) is 0 Å². The van der Waals surface area contributed by atoms with Gasteiger partial charge in [0.2, 0.25) is 0 Å². The van der Waals surface area contributed by atoms with Gasteiger partial charge in [0.1, 0.15) is 0 Å². The van der Waals surface area contributed by atoms with E-state index in [0.29, 0.717) is 5.76 Å². The van der Waals surface area contributed by atoms with Gasteiger partial charge in [-0.15, -0.1) is 0 Å². The second kappa shape index (κ2) is 6.25. The Hall–Kier alpha value is -1.24. The predicted octanol–water partition coefficient (Wildman–Crippen LogP) is 4.25. The average molecular weight is 192 g/mol. The number of aliphatic hydroxyl groups excluding tert-OH is 1. The Labute approximate surface area is 87.1 Å². The molecule has 0 aliphatic rings. The smallest absolute Gasteiger partial charge is 0.0897 e. The van der Waals surface area contributed by atoms with Gasteiger partial charge in [-0.05, 0) is 43.5 Å². The molecule has 1 aromatic carbocycles. The monoisotopic (exact) mass is 192 g/mol. The lowest BCUT2D eigenvalue weighted by atomic mass is 10.0. The van der Waals surface area contributed by atoms with E-state index in [9.17, 15) is 0 Å². The van der Waals surface area contributed by atoms with Gasteiger partial charge in [-0.25, -0.2) is 0 Å². The quantitative estimate of drug-likeness (QED) is 0.659. The highest BCUT2D eigenvalue weighted by atomic mass is 16.3. The second-order valence-corrected chi connectivity index (χ2v) is 3.09. The van der Waals surface area contributed by atoms with Crippen molar-refractivity contribution >= 4 is 6.08 Å². The maximum absolute atomic E-state index is 9.12. The van der Waals surface area contributed by atoms with E-state index in [1.54, 1.807) is 13.0 Å². The number of hydrogen-bond acceptors (Lipinski definition) is 1. The Bertz CT molecular complexity index is 287. The van der Waals surface area contributed by atoms with Crippen molar-refractivity contribution in [3.05, 3.63) is 40.6 Å². The summed E-state index contributed by atoms with van der Waals surface area (Å²) in [6, 6.07) is 6.11. The molecule has 14 heavy (non-hydrogen) atoms. The van der Waals surface area contributed by atoms with Crippen LogP contribution in [0.2, 0.25) is 0 Å². The fourth-order valence-corrected chi connectivity index (χ4v) is 1.26. The maximum atomic E-state index is 9.12. The van der Waals surface area contributed by atoms with Gasteiger partial charge in [0.15, 0.2) is 0 Å². The summed E-state index contributed by atoms with van der Waals surface area (Å²) in [6.45, 7) is 9.77. The summed E-state index contributed by atoms with van der Waals surface area (Å²) in [6.07, 6.45) is 1.80. The second-order valence-electron chi connectivity index (χ2n) is 3.09. The first-order chi connectivity index (χ1) is 6.61. The van der Waals surface area contributed by atoms with Crippen LogP contribution in [0.3, 0.4) is 0 Å². The van der Waals surface area contributed by atoms with Gasteiger partial charge in [-0.3, -0.25) is 0 Å². The summed E-state index contributed by atoms with van der Waals surface area (Å²) in [7, 11) is 0. The summed E-state index contributed by atoms with van der Waals surface area (Å²) < 4.78 is 0. The zero-order valence-electron chi connectivity index (χ0n) is 9.76. The molecule has 0 saturated carbocycles. The van der Waals surface area contributed by atoms with Crippen molar-refractivity contribution in [1.29, 1.82) is 0 Å². The molecule has 1 nitrogen and oxygen atoms in total. The summed E-state index contributed by atoms with van der Waals surface area (Å²) in [5.74, 6) is 0.354. The van der Waals surface area contributed by atoms with Crippen LogP contribution in [0.25, 0.3) is 6.08 Å². The van der Waals surface area contributed by atoms with Crippen LogP contribution in [0.15, 0.2) is 24.0 Å². The van der Waals surface area contributed by atoms with Gasteiger partial charge < -0.3 is 5.11 Å². The number of allylic oxidation sites excluding steroid dienone is 1. The van der Waals surface area contributed by atoms with E-state index in [-0.39, 0.29) is 0 Å². The molecule has 0 aliphatic heterocycles. The minimum atomic E-state index is 0.354. The summed E-state index contributed by atoms with van der Waals surface area (Å²) >= 11 is 0. The van der Waals surface area contributed by atoms with Crippen LogP contribution in [0.1, 0.15) is 37.5 Å². The number of rotatable bonds is 1. The molecule has 0 unspecified atom stereocenters. The SMILES string of the molecule is C/C(O)=C\c1c(C)cccc1C.CC. The van der Waals surface area contributed by atoms with Crippen LogP contribution >= 0.6 is 0 Å². The van der Waals surface area contributed by atoms with Crippen LogP contribution in [-0.4, -0.2) is 5.11 Å². The van der Waals surface area contributed by atoms with Crippen molar-refractivity contribution in [2.45, 2.75) is 34.6 Å². The molecule has 0 aliphatic carbocycles. The lowest BCUT2D eigenvalue weighted by Gasteiger charge is -2.04. The van der Waals surface area contributed by atoms with Crippen LogP contribution in [0.5, 0.6) is 0 Å². The molecule has 0 fully saturated rings. The standard InChI is InChI=1S/C11H14O.C2H6/c1-8-5-4-6-9(2)11(8)7-10(3)12;1-2/h4-7,12H,1-3H3;1-2H3/b10-7+;. The highest BCUT2D eigenvalue weighted by Crippen LogP contribution is 2.15. The lowest BCUT2D eigenvalue weighted by molar-refractivity contribution is 0.420. The number of aliphatic hydroxyl groups is 1. The van der Waals surface area contributed by atoms with Crippen LogP contribution in [0, 0.1) is 13.8 Å². The van der Waals surface area contributed by atoms with Crippen LogP contribution in [0.4, 0.5) is 0 Å². The Kier molecular flexibility index (Phi) is 5.70. The zero-order chi connectivity index (χ0) is 11.1. The van der Waals surface area contributed by atoms with E-state index in [4.69, 9.17) is 5.11 Å². The van der Waals surface area contributed by atoms with E-state index in [1.807, 2.05) is 45.9 Å². The third-order valence-corrected chi connectivity index (χ3v) is 1.90. The molecule has 0 bridgehead atoms. The molecule has 0 radical (unpaired) electrons. The lowest BCUT2D eigenvalue weighted by Crippen LogP contribution is -1.86. The molecule has 0 spiro atoms. The third kappa shape index (κ3) is 3.65. The molecule has 0 atom stereocenters. The van der Waals surface area contributed by atoms with Gasteiger partial charge in [0.05, 0.1) is 5.76 Å². The average Bonchev–Trinajstić information content (AvgIpc) is 2.15. The first kappa shape index (κ1) is 12.8. The van der Waals surface area contributed by atoms with Crippen LogP contribution < -0.4 is 0 Å². The summed E-state index contributed by atoms with van der Waals surface area (Å²) in [5.41, 5.74) is 3.52. The fourth-order valence-electron chi connectivity index (χ4n) is 1.26. The molecule has 1 heteroatoms. The minimum Gasteiger partial charge on any atom is -0.513 e. The van der Waals surface area contributed by atoms with Crippen molar-refractivity contribution in [3.8, 4) is 0 Å². The Balaban J connectivity index is 0.000000791. The van der Waals surface area contributed by atoms with E-state index in [1.165, 1.54) is 11.1 Å². The molecular formula is C13H20O. The Morgan fingerprint density at radius 2 is 1.57 bits per heavy atom. The highest BCUT2D eigenvalue weighted by molar-refractivity contribution is 5.58. The molecule has 0 amide bonds. The predicted molar refractivity (Wildman–Crippen MR) is 63.5 cm³/mol. The molecule has 1 aromatic rings. The van der Waals surface area contributed by atoms with Gasteiger partial charge in [0.25, 0.3) is 0 Å². The van der Waals surface area contributed by atoms with Crippen LogP contribution in [-0.2, 0) is 0 Å². The third-order valence-electron chi connectivity index (χ3n) is 1.90. The van der Waals surface area contributed by atoms with Gasteiger partial charge >= 0.3 is 0 Å². The topological polar surface area (TPSA) is 20.2 Å². The molecule has 78 valence electrons. The molecule has 1 N–H and O–H groups in total. The molecule has 1 rings (SSSR count). The largest absolute Gasteiger partial charge is 0.513 e. The Morgan fingerprint density at radius 3 is 1.93 bits per heavy atom. The van der Waals surface area contributed by atoms with Gasteiger partial charge in [0, 0.05) is 0 Å². The summed E-state index contributed by atoms with van der Waals surface area (Å²) in [5, 5.41) is 9.12. The zero-order valence-corrected chi connectivity index (χ0v) is 9.76.